The summed E-state index contributed by atoms with van der Waals surface area (Å²) in [7, 11) is 0. The van der Waals surface area contributed by atoms with E-state index in [4.69, 9.17) is 10.2 Å². The average molecular weight is 275 g/mol. The van der Waals surface area contributed by atoms with Gasteiger partial charge >= 0.3 is 11.9 Å². The number of aryl methyl sites for hydroxylation is 1. The van der Waals surface area contributed by atoms with Crippen molar-refractivity contribution in [1.29, 1.82) is 0 Å². The molecule has 20 heavy (non-hydrogen) atoms. The molecule has 0 spiro atoms. The number of carboxylic acid groups (broad SMARTS) is 2. The molecule has 6 nitrogen and oxygen atoms in total. The first-order valence-corrected chi connectivity index (χ1v) is 6.05. The van der Waals surface area contributed by atoms with Crippen LogP contribution in [0.15, 0.2) is 29.2 Å². The number of nitrogens with zero attached hydrogens (tertiary/aromatic N) is 1. The topological polar surface area (TPSA) is 96.6 Å². The van der Waals surface area contributed by atoms with Gasteiger partial charge in [-0.3, -0.25) is 9.59 Å². The van der Waals surface area contributed by atoms with Crippen LogP contribution in [0.3, 0.4) is 0 Å². The lowest BCUT2D eigenvalue weighted by atomic mass is 10.1. The van der Waals surface area contributed by atoms with Crippen molar-refractivity contribution in [2.45, 2.75) is 19.9 Å². The van der Waals surface area contributed by atoms with E-state index in [1.165, 1.54) is 12.3 Å². The third-order valence-electron chi connectivity index (χ3n) is 3.07. The van der Waals surface area contributed by atoms with Gasteiger partial charge in [-0.05, 0) is 24.6 Å². The van der Waals surface area contributed by atoms with E-state index >= 15 is 0 Å². The smallest absolute Gasteiger partial charge is 0.341 e. The maximum Gasteiger partial charge on any atom is 0.341 e. The summed E-state index contributed by atoms with van der Waals surface area (Å²) in [5.41, 5.74) is 0.153. The van der Waals surface area contributed by atoms with Gasteiger partial charge in [0.2, 0.25) is 5.43 Å². The molecule has 2 aromatic rings. The van der Waals surface area contributed by atoms with Crippen LogP contribution >= 0.6 is 0 Å². The first-order chi connectivity index (χ1) is 9.43. The van der Waals surface area contributed by atoms with E-state index in [1.54, 1.807) is 16.7 Å². The lowest BCUT2D eigenvalue weighted by Crippen LogP contribution is -2.19. The van der Waals surface area contributed by atoms with E-state index in [2.05, 4.69) is 0 Å². The highest BCUT2D eigenvalue weighted by Crippen LogP contribution is 2.15. The molecule has 1 heterocycles. The van der Waals surface area contributed by atoms with Gasteiger partial charge in [-0.25, -0.2) is 4.79 Å². The van der Waals surface area contributed by atoms with Crippen molar-refractivity contribution >= 4 is 22.8 Å². The van der Waals surface area contributed by atoms with Crippen molar-refractivity contribution in [3.63, 3.8) is 0 Å². The lowest BCUT2D eigenvalue weighted by Gasteiger charge is -2.10. The monoisotopic (exact) mass is 275 g/mol. The Bertz CT molecular complexity index is 760. The number of hydrogen-bond acceptors (Lipinski definition) is 3. The van der Waals surface area contributed by atoms with Gasteiger partial charge in [-0.15, -0.1) is 0 Å². The lowest BCUT2D eigenvalue weighted by molar-refractivity contribution is -0.136. The normalized spacial score (nSPS) is 10.7. The number of carboxylic acids is 2. The molecule has 0 aliphatic carbocycles. The summed E-state index contributed by atoms with van der Waals surface area (Å²) < 4.78 is 1.66. The molecular weight excluding hydrogens is 262 g/mol. The molecule has 0 amide bonds. The van der Waals surface area contributed by atoms with Crippen LogP contribution < -0.4 is 5.43 Å². The Morgan fingerprint density at radius 1 is 1.25 bits per heavy atom. The molecule has 0 aliphatic heterocycles. The van der Waals surface area contributed by atoms with Gasteiger partial charge in [0.05, 0.1) is 11.9 Å². The Labute approximate surface area is 113 Å². The van der Waals surface area contributed by atoms with Crippen LogP contribution in [0, 0.1) is 0 Å². The molecule has 104 valence electrons. The number of aliphatic carboxylic acids is 1. The van der Waals surface area contributed by atoms with Crippen LogP contribution in [0.2, 0.25) is 0 Å². The third-order valence-corrected chi connectivity index (χ3v) is 3.07. The summed E-state index contributed by atoms with van der Waals surface area (Å²) in [6.45, 7) is 2.34. The average Bonchev–Trinajstić information content (AvgIpc) is 2.38. The number of aromatic carboxylic acids is 1. The number of carbonyl (C=O) groups is 2. The van der Waals surface area contributed by atoms with Gasteiger partial charge in [0.25, 0.3) is 0 Å². The summed E-state index contributed by atoms with van der Waals surface area (Å²) in [4.78, 5) is 33.9. The van der Waals surface area contributed by atoms with Crippen LogP contribution in [0.1, 0.15) is 22.8 Å². The second-order valence-corrected chi connectivity index (χ2v) is 4.39. The Balaban J connectivity index is 2.78. The quantitative estimate of drug-likeness (QED) is 0.877. The standard InChI is InChI=1S/C14H13NO5/c1-2-15-7-10(14(19)20)13(18)9-5-8(6-12(16)17)3-4-11(9)15/h3-5,7H,2,6H2,1H3,(H,16,17)(H,19,20). The number of aromatic nitrogens is 1. The Morgan fingerprint density at radius 3 is 2.50 bits per heavy atom. The fourth-order valence-electron chi connectivity index (χ4n) is 2.14. The third kappa shape index (κ3) is 2.40. The summed E-state index contributed by atoms with van der Waals surface area (Å²) in [5.74, 6) is -2.29. The summed E-state index contributed by atoms with van der Waals surface area (Å²) >= 11 is 0. The van der Waals surface area contributed by atoms with E-state index in [0.29, 0.717) is 17.6 Å². The number of benzene rings is 1. The molecule has 0 aliphatic rings. The van der Waals surface area contributed by atoms with Gasteiger partial charge in [-0.1, -0.05) is 6.07 Å². The highest BCUT2D eigenvalue weighted by molar-refractivity contribution is 5.93. The van der Waals surface area contributed by atoms with Crippen LogP contribution in [-0.2, 0) is 17.8 Å². The first-order valence-electron chi connectivity index (χ1n) is 6.05. The van der Waals surface area contributed by atoms with E-state index in [1.807, 2.05) is 6.92 Å². The SMILES string of the molecule is CCn1cc(C(=O)O)c(=O)c2cc(CC(=O)O)ccc21. The zero-order valence-corrected chi connectivity index (χ0v) is 10.8. The Morgan fingerprint density at radius 2 is 1.95 bits per heavy atom. The molecule has 0 bridgehead atoms. The highest BCUT2D eigenvalue weighted by atomic mass is 16.4. The zero-order valence-electron chi connectivity index (χ0n) is 10.8. The van der Waals surface area contributed by atoms with Crippen LogP contribution in [-0.4, -0.2) is 26.7 Å². The zero-order chi connectivity index (χ0) is 14.9. The molecule has 0 radical (unpaired) electrons. The van der Waals surface area contributed by atoms with Crippen molar-refractivity contribution in [2.24, 2.45) is 0 Å². The maximum absolute atomic E-state index is 12.1. The van der Waals surface area contributed by atoms with Gasteiger partial charge in [0, 0.05) is 18.1 Å². The molecule has 0 saturated carbocycles. The molecule has 0 fully saturated rings. The molecule has 0 atom stereocenters. The summed E-state index contributed by atoms with van der Waals surface area (Å²) in [6, 6.07) is 4.72. The fourth-order valence-corrected chi connectivity index (χ4v) is 2.14. The van der Waals surface area contributed by atoms with E-state index in [-0.39, 0.29) is 17.4 Å². The van der Waals surface area contributed by atoms with Crippen LogP contribution in [0.4, 0.5) is 0 Å². The van der Waals surface area contributed by atoms with Crippen molar-refractivity contribution in [2.75, 3.05) is 0 Å². The number of hydrogen-bond donors (Lipinski definition) is 2. The second-order valence-electron chi connectivity index (χ2n) is 4.39. The van der Waals surface area contributed by atoms with Crippen molar-refractivity contribution in [1.82, 2.24) is 4.57 Å². The van der Waals surface area contributed by atoms with E-state index in [9.17, 15) is 14.4 Å². The summed E-state index contributed by atoms with van der Waals surface area (Å²) in [5, 5.41) is 18.1. The number of fused-ring (bicyclic) bond motifs is 1. The van der Waals surface area contributed by atoms with E-state index in [0.717, 1.165) is 0 Å². The molecule has 0 unspecified atom stereocenters. The molecule has 1 aromatic heterocycles. The van der Waals surface area contributed by atoms with Crippen molar-refractivity contribution < 1.29 is 19.8 Å². The van der Waals surface area contributed by atoms with Crippen LogP contribution in [0.25, 0.3) is 10.9 Å². The predicted octanol–water partition coefficient (Wildman–Crippen LogP) is 1.35. The largest absolute Gasteiger partial charge is 0.481 e. The van der Waals surface area contributed by atoms with Gasteiger partial charge in [-0.2, -0.15) is 0 Å². The Hall–Kier alpha value is -2.63. The summed E-state index contributed by atoms with van der Waals surface area (Å²) in [6.07, 6.45) is 1.10. The first kappa shape index (κ1) is 13.8. The molecular formula is C14H13NO5. The van der Waals surface area contributed by atoms with E-state index < -0.39 is 17.4 Å². The second kappa shape index (κ2) is 5.16. The minimum absolute atomic E-state index is 0.210. The molecule has 2 rings (SSSR count). The Kier molecular flexibility index (Phi) is 3.56. The van der Waals surface area contributed by atoms with Crippen LogP contribution in [0.5, 0.6) is 0 Å². The molecule has 1 aromatic carbocycles. The minimum Gasteiger partial charge on any atom is -0.481 e. The van der Waals surface area contributed by atoms with Gasteiger partial charge in [0.15, 0.2) is 0 Å². The predicted molar refractivity (Wildman–Crippen MR) is 72.2 cm³/mol. The molecule has 2 N–H and O–H groups in total. The molecule has 0 saturated heterocycles. The maximum atomic E-state index is 12.1. The number of rotatable bonds is 4. The highest BCUT2D eigenvalue weighted by Gasteiger charge is 2.14. The van der Waals surface area contributed by atoms with Gasteiger partial charge in [0.1, 0.15) is 5.56 Å². The fraction of sp³-hybridized carbons (Fsp3) is 0.214. The van der Waals surface area contributed by atoms with Gasteiger partial charge < -0.3 is 14.8 Å². The molecule has 6 heteroatoms. The van der Waals surface area contributed by atoms with Crippen molar-refractivity contribution in [3.8, 4) is 0 Å². The number of pyridine rings is 1. The van der Waals surface area contributed by atoms with Crippen molar-refractivity contribution in [3.05, 3.63) is 45.7 Å². The minimum atomic E-state index is -1.29.